The van der Waals surface area contributed by atoms with Gasteiger partial charge in [0.15, 0.2) is 0 Å². The highest BCUT2D eigenvalue weighted by Gasteiger charge is 2.35. The lowest BCUT2D eigenvalue weighted by Gasteiger charge is -2.24. The molecule has 4 N–H and O–H groups in total. The number of aryl methyl sites for hydroxylation is 1. The first kappa shape index (κ1) is 21.4. The first-order valence-corrected chi connectivity index (χ1v) is 10.1. The van der Waals surface area contributed by atoms with Gasteiger partial charge in [-0.1, -0.05) is 17.7 Å². The summed E-state index contributed by atoms with van der Waals surface area (Å²) in [6.07, 6.45) is -0.170. The molecule has 9 nitrogen and oxygen atoms in total. The molecule has 1 unspecified atom stereocenters. The van der Waals surface area contributed by atoms with Crippen molar-refractivity contribution in [3.63, 3.8) is 0 Å². The predicted octanol–water partition coefficient (Wildman–Crippen LogP) is 3.55. The van der Waals surface area contributed by atoms with Gasteiger partial charge in [0.25, 0.3) is 5.56 Å². The summed E-state index contributed by atoms with van der Waals surface area (Å²) in [7, 11) is 1.53. The first-order chi connectivity index (χ1) is 15.3. The molecule has 32 heavy (non-hydrogen) atoms. The predicted molar refractivity (Wildman–Crippen MR) is 122 cm³/mol. The second-order valence-electron chi connectivity index (χ2n) is 7.28. The Balaban J connectivity index is 1.64. The van der Waals surface area contributed by atoms with Gasteiger partial charge in [-0.25, -0.2) is 0 Å². The number of aromatic nitrogens is 2. The van der Waals surface area contributed by atoms with Crippen molar-refractivity contribution < 1.29 is 14.3 Å². The number of benzene rings is 2. The number of rotatable bonds is 5. The minimum absolute atomic E-state index is 0.0453. The van der Waals surface area contributed by atoms with Gasteiger partial charge >= 0.3 is 0 Å². The third-order valence-corrected chi connectivity index (χ3v) is 5.33. The van der Waals surface area contributed by atoms with Gasteiger partial charge in [0, 0.05) is 28.9 Å². The van der Waals surface area contributed by atoms with Gasteiger partial charge in [-0.3, -0.25) is 19.4 Å². The molecule has 0 radical (unpaired) electrons. The van der Waals surface area contributed by atoms with Gasteiger partial charge in [-0.2, -0.15) is 4.98 Å². The van der Waals surface area contributed by atoms with E-state index in [0.29, 0.717) is 22.1 Å². The fraction of sp³-hybridized carbons (Fsp3) is 0.182. The minimum atomic E-state index is -0.995. The Kier molecular flexibility index (Phi) is 5.83. The van der Waals surface area contributed by atoms with Crippen molar-refractivity contribution in [2.24, 2.45) is 0 Å². The largest absolute Gasteiger partial charge is 0.497 e. The number of aromatic amines is 1. The molecule has 1 aliphatic heterocycles. The van der Waals surface area contributed by atoms with Crippen LogP contribution < -0.4 is 26.2 Å². The van der Waals surface area contributed by atoms with E-state index >= 15 is 0 Å². The lowest BCUT2D eigenvalue weighted by molar-refractivity contribution is -0.123. The van der Waals surface area contributed by atoms with E-state index in [4.69, 9.17) is 16.3 Å². The van der Waals surface area contributed by atoms with Crippen molar-refractivity contribution in [1.82, 2.24) is 9.97 Å². The molecular weight excluding hydrogens is 434 g/mol. The molecule has 0 saturated heterocycles. The molecule has 0 saturated carbocycles. The van der Waals surface area contributed by atoms with Gasteiger partial charge in [0.05, 0.1) is 18.6 Å². The monoisotopic (exact) mass is 453 g/mol. The maximum atomic E-state index is 13.0. The standard InChI is InChI=1S/C22H20ClN5O4/c1-11-3-8-14(32-2)9-16(11)25-20(30)15-10-17(29)26-19-18(15)21(31)28-22(27-19)24-13-6-4-12(23)5-7-13/h3-9,15H,10H2,1-2H3,(H,25,30)(H3,24,26,27,28,29,31). The second kappa shape index (κ2) is 8.72. The van der Waals surface area contributed by atoms with Crippen molar-refractivity contribution in [1.29, 1.82) is 0 Å². The third kappa shape index (κ3) is 4.42. The van der Waals surface area contributed by atoms with Crippen LogP contribution in [0.5, 0.6) is 5.75 Å². The number of amides is 2. The van der Waals surface area contributed by atoms with Gasteiger partial charge in [-0.15, -0.1) is 0 Å². The fourth-order valence-corrected chi connectivity index (χ4v) is 3.53. The number of H-pyrrole nitrogens is 1. The van der Waals surface area contributed by atoms with Crippen molar-refractivity contribution in [2.75, 3.05) is 23.1 Å². The highest BCUT2D eigenvalue weighted by Crippen LogP contribution is 2.31. The van der Waals surface area contributed by atoms with Crippen molar-refractivity contribution in [2.45, 2.75) is 19.3 Å². The van der Waals surface area contributed by atoms with Crippen molar-refractivity contribution in [3.8, 4) is 5.75 Å². The molecule has 164 valence electrons. The summed E-state index contributed by atoms with van der Waals surface area (Å²) in [4.78, 5) is 45.1. The number of carbonyl (C=O) groups excluding carboxylic acids is 2. The van der Waals surface area contributed by atoms with Gasteiger partial charge < -0.3 is 20.7 Å². The van der Waals surface area contributed by atoms with Crippen LogP contribution in [-0.4, -0.2) is 28.9 Å². The molecule has 0 bridgehead atoms. The Hall–Kier alpha value is -3.85. The number of nitrogens with one attached hydrogen (secondary N) is 4. The number of nitrogens with zero attached hydrogens (tertiary/aromatic N) is 1. The highest BCUT2D eigenvalue weighted by molar-refractivity contribution is 6.30. The molecule has 0 aliphatic carbocycles. The summed E-state index contributed by atoms with van der Waals surface area (Å²) in [6, 6.07) is 12.1. The zero-order chi connectivity index (χ0) is 22.8. The Morgan fingerprint density at radius 2 is 1.94 bits per heavy atom. The first-order valence-electron chi connectivity index (χ1n) is 9.76. The molecule has 0 fully saturated rings. The lowest BCUT2D eigenvalue weighted by Crippen LogP contribution is -2.36. The smallest absolute Gasteiger partial charge is 0.258 e. The summed E-state index contributed by atoms with van der Waals surface area (Å²) in [5, 5.41) is 8.89. The molecule has 0 spiro atoms. The maximum Gasteiger partial charge on any atom is 0.258 e. The fourth-order valence-electron chi connectivity index (χ4n) is 3.41. The van der Waals surface area contributed by atoms with Crippen LogP contribution in [0.4, 0.5) is 23.1 Å². The van der Waals surface area contributed by atoms with Crippen molar-refractivity contribution >= 4 is 46.6 Å². The van der Waals surface area contributed by atoms with Crippen LogP contribution in [0, 0.1) is 6.92 Å². The van der Waals surface area contributed by atoms with Gasteiger partial charge in [0.2, 0.25) is 17.8 Å². The molecule has 10 heteroatoms. The van der Waals surface area contributed by atoms with E-state index in [0.717, 1.165) is 5.56 Å². The summed E-state index contributed by atoms with van der Waals surface area (Å²) in [6.45, 7) is 1.83. The van der Waals surface area contributed by atoms with E-state index in [1.165, 1.54) is 7.11 Å². The molecule has 1 aromatic heterocycles. The number of methoxy groups -OCH3 is 1. The second-order valence-corrected chi connectivity index (χ2v) is 7.72. The Morgan fingerprint density at radius 3 is 2.66 bits per heavy atom. The molecule has 1 atom stereocenters. The molecular formula is C22H20ClN5O4. The van der Waals surface area contributed by atoms with Crippen LogP contribution in [-0.2, 0) is 9.59 Å². The summed E-state index contributed by atoms with van der Waals surface area (Å²) in [5.74, 6) is -1.14. The lowest BCUT2D eigenvalue weighted by atomic mass is 9.92. The minimum Gasteiger partial charge on any atom is -0.497 e. The van der Waals surface area contributed by atoms with Gasteiger partial charge in [0.1, 0.15) is 11.6 Å². The van der Waals surface area contributed by atoms with E-state index < -0.39 is 23.3 Å². The molecule has 2 aromatic carbocycles. The molecule has 1 aliphatic rings. The van der Waals surface area contributed by atoms with Crippen LogP contribution >= 0.6 is 11.6 Å². The maximum absolute atomic E-state index is 13.0. The summed E-state index contributed by atoms with van der Waals surface area (Å²) in [5.41, 5.74) is 1.57. The number of halogens is 1. The average molecular weight is 454 g/mol. The van der Waals surface area contributed by atoms with Crippen LogP contribution in [0.1, 0.15) is 23.5 Å². The van der Waals surface area contributed by atoms with Crippen molar-refractivity contribution in [3.05, 3.63) is 69.0 Å². The molecule has 4 rings (SSSR count). The van der Waals surface area contributed by atoms with E-state index in [-0.39, 0.29) is 23.8 Å². The Morgan fingerprint density at radius 1 is 1.19 bits per heavy atom. The third-order valence-electron chi connectivity index (χ3n) is 5.08. The number of fused-ring (bicyclic) bond motifs is 1. The Labute approximate surface area is 188 Å². The number of hydrogen-bond donors (Lipinski definition) is 4. The zero-order valence-electron chi connectivity index (χ0n) is 17.3. The number of anilines is 4. The Bertz CT molecular complexity index is 1260. The van der Waals surface area contributed by atoms with Gasteiger partial charge in [-0.05, 0) is 42.8 Å². The van der Waals surface area contributed by atoms with Crippen LogP contribution in [0.3, 0.4) is 0 Å². The quantitative estimate of drug-likeness (QED) is 0.468. The highest BCUT2D eigenvalue weighted by atomic mass is 35.5. The topological polar surface area (TPSA) is 125 Å². The van der Waals surface area contributed by atoms with E-state index in [9.17, 15) is 14.4 Å². The van der Waals surface area contributed by atoms with Crippen LogP contribution in [0.2, 0.25) is 5.02 Å². The SMILES string of the molecule is COc1ccc(C)c(NC(=O)C2CC(=O)Nc3nc(Nc4ccc(Cl)cc4)[nH]c(=O)c32)c1. The molecule has 3 aromatic rings. The summed E-state index contributed by atoms with van der Waals surface area (Å²) < 4.78 is 5.20. The zero-order valence-corrected chi connectivity index (χ0v) is 18.0. The van der Waals surface area contributed by atoms with E-state index in [1.54, 1.807) is 42.5 Å². The van der Waals surface area contributed by atoms with E-state index in [2.05, 4.69) is 25.9 Å². The number of hydrogen-bond acceptors (Lipinski definition) is 6. The van der Waals surface area contributed by atoms with Crippen LogP contribution in [0.15, 0.2) is 47.3 Å². The number of ether oxygens (including phenoxy) is 1. The number of carbonyl (C=O) groups is 2. The normalized spacial score (nSPS) is 14.8. The molecule has 2 heterocycles. The van der Waals surface area contributed by atoms with E-state index in [1.807, 2.05) is 6.92 Å². The molecule has 2 amide bonds. The average Bonchev–Trinajstić information content (AvgIpc) is 2.76. The van der Waals surface area contributed by atoms with Crippen LogP contribution in [0.25, 0.3) is 0 Å². The summed E-state index contributed by atoms with van der Waals surface area (Å²) >= 11 is 5.89.